The van der Waals surface area contributed by atoms with E-state index in [1.165, 1.54) is 0 Å². The van der Waals surface area contributed by atoms with Crippen molar-refractivity contribution in [1.82, 2.24) is 4.98 Å². The largest absolute Gasteiger partial charge is 0.493 e. The van der Waals surface area contributed by atoms with Crippen molar-refractivity contribution in [3.8, 4) is 22.8 Å². The molecule has 2 aromatic rings. The molecule has 0 aliphatic heterocycles. The zero-order valence-electron chi connectivity index (χ0n) is 10.7. The maximum atomic E-state index is 5.59. The number of anilines is 1. The molecule has 2 rings (SSSR count). The molecule has 96 valence electrons. The third-order valence-electron chi connectivity index (χ3n) is 2.69. The van der Waals surface area contributed by atoms with Crippen LogP contribution < -0.4 is 15.2 Å². The Balaban J connectivity index is 2.50. The first-order valence-corrected chi connectivity index (χ1v) is 5.67. The van der Waals surface area contributed by atoms with Gasteiger partial charge in [-0.2, -0.15) is 4.98 Å². The van der Waals surface area contributed by atoms with Gasteiger partial charge in [0, 0.05) is 5.56 Å². The summed E-state index contributed by atoms with van der Waals surface area (Å²) in [7, 11) is 3.19. The fourth-order valence-electron chi connectivity index (χ4n) is 1.81. The van der Waals surface area contributed by atoms with Gasteiger partial charge in [-0.3, -0.25) is 0 Å². The maximum Gasteiger partial charge on any atom is 0.292 e. The van der Waals surface area contributed by atoms with Crippen LogP contribution in [0.25, 0.3) is 11.3 Å². The van der Waals surface area contributed by atoms with Crippen molar-refractivity contribution in [3.63, 3.8) is 0 Å². The van der Waals surface area contributed by atoms with Gasteiger partial charge in [-0.05, 0) is 24.6 Å². The Kier molecular flexibility index (Phi) is 3.41. The van der Waals surface area contributed by atoms with Gasteiger partial charge in [0.05, 0.1) is 19.9 Å². The van der Waals surface area contributed by atoms with Gasteiger partial charge in [0.25, 0.3) is 6.01 Å². The highest BCUT2D eigenvalue weighted by atomic mass is 16.5. The van der Waals surface area contributed by atoms with Gasteiger partial charge in [-0.15, -0.1) is 0 Å². The summed E-state index contributed by atoms with van der Waals surface area (Å²) in [6.07, 6.45) is 0.754. The van der Waals surface area contributed by atoms with Gasteiger partial charge in [0.1, 0.15) is 0 Å². The number of methoxy groups -OCH3 is 2. The van der Waals surface area contributed by atoms with Crippen LogP contribution in [0.4, 0.5) is 6.01 Å². The minimum atomic E-state index is 0.177. The molecule has 0 spiro atoms. The Morgan fingerprint density at radius 3 is 2.56 bits per heavy atom. The van der Waals surface area contributed by atoms with Crippen LogP contribution in [0.1, 0.15) is 12.6 Å². The average molecular weight is 248 g/mol. The van der Waals surface area contributed by atoms with Crippen molar-refractivity contribution < 1.29 is 13.9 Å². The lowest BCUT2D eigenvalue weighted by Crippen LogP contribution is -1.91. The Morgan fingerprint density at radius 1 is 1.22 bits per heavy atom. The number of nitrogens with two attached hydrogens (primary N) is 1. The van der Waals surface area contributed by atoms with Crippen LogP contribution in [0.5, 0.6) is 11.5 Å². The van der Waals surface area contributed by atoms with E-state index in [-0.39, 0.29) is 6.01 Å². The first-order valence-electron chi connectivity index (χ1n) is 5.67. The summed E-state index contributed by atoms with van der Waals surface area (Å²) in [6, 6.07) is 5.74. The number of ether oxygens (including phenoxy) is 2. The summed E-state index contributed by atoms with van der Waals surface area (Å²) in [5.41, 5.74) is 7.29. The van der Waals surface area contributed by atoms with Crippen molar-refractivity contribution in [2.75, 3.05) is 20.0 Å². The number of hydrogen-bond acceptors (Lipinski definition) is 5. The molecule has 0 unspecified atom stereocenters. The SMILES string of the molecule is CCc1nc(N)oc1-c1ccc(OC)c(OC)c1. The number of hydrogen-bond donors (Lipinski definition) is 1. The van der Waals surface area contributed by atoms with Crippen molar-refractivity contribution in [3.05, 3.63) is 23.9 Å². The topological polar surface area (TPSA) is 70.5 Å². The highest BCUT2D eigenvalue weighted by Crippen LogP contribution is 2.34. The molecular weight excluding hydrogens is 232 g/mol. The van der Waals surface area contributed by atoms with Crippen LogP contribution in [0, 0.1) is 0 Å². The zero-order chi connectivity index (χ0) is 13.1. The monoisotopic (exact) mass is 248 g/mol. The van der Waals surface area contributed by atoms with Gasteiger partial charge < -0.3 is 19.6 Å². The summed E-state index contributed by atoms with van der Waals surface area (Å²) < 4.78 is 15.9. The number of oxazole rings is 1. The van der Waals surface area contributed by atoms with Gasteiger partial charge in [0.15, 0.2) is 17.3 Å². The van der Waals surface area contributed by atoms with Crippen LogP contribution in [-0.4, -0.2) is 19.2 Å². The molecule has 5 nitrogen and oxygen atoms in total. The molecule has 1 aromatic heterocycles. The van der Waals surface area contributed by atoms with Gasteiger partial charge >= 0.3 is 0 Å². The standard InChI is InChI=1S/C13H16N2O3/c1-4-9-12(18-13(14)15-9)8-5-6-10(16-2)11(7-8)17-3/h5-7H,4H2,1-3H3,(H2,14,15). The van der Waals surface area contributed by atoms with Crippen molar-refractivity contribution in [1.29, 1.82) is 0 Å². The lowest BCUT2D eigenvalue weighted by molar-refractivity contribution is 0.355. The van der Waals surface area contributed by atoms with Crippen molar-refractivity contribution >= 4 is 6.01 Å². The van der Waals surface area contributed by atoms with Crippen LogP contribution in [-0.2, 0) is 6.42 Å². The first kappa shape index (κ1) is 12.3. The number of aromatic nitrogens is 1. The highest BCUT2D eigenvalue weighted by molar-refractivity contribution is 5.65. The van der Waals surface area contributed by atoms with E-state index < -0.39 is 0 Å². The molecule has 0 saturated carbocycles. The predicted octanol–water partition coefficient (Wildman–Crippen LogP) is 2.50. The van der Waals surface area contributed by atoms with Crippen molar-refractivity contribution in [2.45, 2.75) is 13.3 Å². The summed E-state index contributed by atoms with van der Waals surface area (Å²) in [5.74, 6) is 2.00. The van der Waals surface area contributed by atoms with E-state index in [2.05, 4.69) is 4.98 Å². The summed E-state index contributed by atoms with van der Waals surface area (Å²) in [5, 5.41) is 0. The molecule has 0 saturated heterocycles. The number of benzene rings is 1. The number of nitrogen functional groups attached to an aromatic ring is 1. The Hall–Kier alpha value is -2.17. The van der Waals surface area contributed by atoms with Crippen LogP contribution >= 0.6 is 0 Å². The first-order chi connectivity index (χ1) is 8.69. The van der Waals surface area contributed by atoms with Crippen molar-refractivity contribution in [2.24, 2.45) is 0 Å². The number of rotatable bonds is 4. The molecule has 0 atom stereocenters. The molecule has 5 heteroatoms. The zero-order valence-corrected chi connectivity index (χ0v) is 10.7. The van der Waals surface area contributed by atoms with Crippen LogP contribution in [0.3, 0.4) is 0 Å². The average Bonchev–Trinajstić information content (AvgIpc) is 2.79. The van der Waals surface area contributed by atoms with E-state index >= 15 is 0 Å². The second kappa shape index (κ2) is 5.00. The highest BCUT2D eigenvalue weighted by Gasteiger charge is 2.14. The molecule has 0 bridgehead atoms. The van der Waals surface area contributed by atoms with Crippen LogP contribution in [0.15, 0.2) is 22.6 Å². The number of aryl methyl sites for hydroxylation is 1. The predicted molar refractivity (Wildman–Crippen MR) is 68.8 cm³/mol. The quantitative estimate of drug-likeness (QED) is 0.900. The lowest BCUT2D eigenvalue weighted by Gasteiger charge is -2.08. The molecule has 18 heavy (non-hydrogen) atoms. The van der Waals surface area contributed by atoms with E-state index in [1.54, 1.807) is 14.2 Å². The summed E-state index contributed by atoms with van der Waals surface area (Å²) >= 11 is 0. The molecule has 0 radical (unpaired) electrons. The fraction of sp³-hybridized carbons (Fsp3) is 0.308. The maximum absolute atomic E-state index is 5.59. The molecule has 0 aliphatic rings. The second-order valence-electron chi connectivity index (χ2n) is 3.75. The van der Waals surface area contributed by atoms with E-state index in [1.807, 2.05) is 25.1 Å². The second-order valence-corrected chi connectivity index (χ2v) is 3.75. The third-order valence-corrected chi connectivity index (χ3v) is 2.69. The fourth-order valence-corrected chi connectivity index (χ4v) is 1.81. The normalized spacial score (nSPS) is 10.4. The van der Waals surface area contributed by atoms with Gasteiger partial charge in [0.2, 0.25) is 0 Å². The molecular formula is C13H16N2O3. The van der Waals surface area contributed by atoms with E-state index in [0.717, 1.165) is 17.7 Å². The van der Waals surface area contributed by atoms with Gasteiger partial charge in [-0.25, -0.2) is 0 Å². The minimum absolute atomic E-state index is 0.177. The molecule has 0 fully saturated rings. The summed E-state index contributed by atoms with van der Waals surface area (Å²) in [4.78, 5) is 4.14. The Labute approximate surface area is 106 Å². The molecule has 0 aliphatic carbocycles. The molecule has 2 N–H and O–H groups in total. The Morgan fingerprint density at radius 2 is 1.94 bits per heavy atom. The van der Waals surface area contributed by atoms with Crippen LogP contribution in [0.2, 0.25) is 0 Å². The Bertz CT molecular complexity index is 549. The molecule has 1 heterocycles. The molecule has 0 amide bonds. The number of nitrogens with zero attached hydrogens (tertiary/aromatic N) is 1. The summed E-state index contributed by atoms with van der Waals surface area (Å²) in [6.45, 7) is 2.00. The third kappa shape index (κ3) is 2.11. The van der Waals surface area contributed by atoms with E-state index in [9.17, 15) is 0 Å². The van der Waals surface area contributed by atoms with Gasteiger partial charge in [-0.1, -0.05) is 6.92 Å². The minimum Gasteiger partial charge on any atom is -0.493 e. The van der Waals surface area contributed by atoms with E-state index in [4.69, 9.17) is 19.6 Å². The smallest absolute Gasteiger partial charge is 0.292 e. The van der Waals surface area contributed by atoms with E-state index in [0.29, 0.717) is 17.3 Å². The lowest BCUT2D eigenvalue weighted by atomic mass is 10.1. The molecule has 1 aromatic carbocycles.